The Balaban J connectivity index is 2.96. The minimum Gasteiger partial charge on any atom is -0.493 e. The van der Waals surface area contributed by atoms with E-state index in [1.165, 1.54) is 11.1 Å². The van der Waals surface area contributed by atoms with E-state index >= 15 is 0 Å². The maximum Gasteiger partial charge on any atom is 0.123 e. The lowest BCUT2D eigenvalue weighted by molar-refractivity contribution is 0.265. The van der Waals surface area contributed by atoms with Crippen molar-refractivity contribution in [3.8, 4) is 5.75 Å². The Morgan fingerprint density at radius 1 is 1.21 bits per heavy atom. The number of rotatable bonds is 6. The van der Waals surface area contributed by atoms with Crippen LogP contribution in [-0.4, -0.2) is 13.3 Å². The summed E-state index contributed by atoms with van der Waals surface area (Å²) in [6, 6.07) is 6.27. The summed E-state index contributed by atoms with van der Waals surface area (Å²) in [6.45, 7) is 11.3. The topological polar surface area (TPSA) is 9.23 Å². The van der Waals surface area contributed by atoms with Crippen LogP contribution < -0.4 is 4.74 Å². The first-order valence-corrected chi connectivity index (χ1v) is 7.16. The van der Waals surface area contributed by atoms with Gasteiger partial charge in [0.25, 0.3) is 0 Å². The second-order valence-electron chi connectivity index (χ2n) is 6.58. The first-order valence-electron chi connectivity index (χ1n) is 7.16. The fraction of sp³-hybridized carbons (Fsp3) is 0.647. The molecule has 0 atom stereocenters. The van der Waals surface area contributed by atoms with E-state index in [0.29, 0.717) is 12.3 Å². The van der Waals surface area contributed by atoms with E-state index in [1.807, 2.05) is 6.07 Å². The quantitative estimate of drug-likeness (QED) is 0.710. The van der Waals surface area contributed by atoms with Gasteiger partial charge in [0.2, 0.25) is 0 Å². The van der Waals surface area contributed by atoms with Crippen LogP contribution in [0.1, 0.15) is 52.2 Å². The van der Waals surface area contributed by atoms with Crippen molar-refractivity contribution in [3.05, 3.63) is 29.3 Å². The average Bonchev–Trinajstić information content (AvgIpc) is 2.33. The summed E-state index contributed by atoms with van der Waals surface area (Å²) in [5.41, 5.74) is 2.45. The van der Waals surface area contributed by atoms with Crippen molar-refractivity contribution >= 4 is 0 Å². The van der Waals surface area contributed by atoms with E-state index in [4.69, 9.17) is 4.74 Å². The Bertz CT molecular complexity index is 391. The lowest BCUT2D eigenvalue weighted by atomic mass is 9.85. The predicted molar refractivity (Wildman–Crippen MR) is 79.8 cm³/mol. The number of aryl methyl sites for hydroxylation is 1. The molecule has 1 nitrogen and oxygen atoms in total. The van der Waals surface area contributed by atoms with Crippen LogP contribution in [0.3, 0.4) is 0 Å². The highest BCUT2D eigenvalue weighted by atomic mass is 19.1. The van der Waals surface area contributed by atoms with Crippen LogP contribution in [0, 0.1) is 5.92 Å². The van der Waals surface area contributed by atoms with Gasteiger partial charge in [-0.15, -0.1) is 0 Å². The molecule has 2 heteroatoms. The standard InChI is InChI=1S/C17H27FO/c1-13(2)12-19-16-9-8-14(7-6-10-18)11-15(16)17(3,4)5/h8-9,11,13H,6-7,10,12H2,1-5H3. The fourth-order valence-electron chi connectivity index (χ4n) is 1.97. The SMILES string of the molecule is CC(C)COc1ccc(CCCF)cc1C(C)(C)C. The van der Waals surface area contributed by atoms with Gasteiger partial charge in [0.15, 0.2) is 0 Å². The molecule has 0 bridgehead atoms. The molecule has 0 saturated carbocycles. The molecule has 0 aromatic heterocycles. The van der Waals surface area contributed by atoms with E-state index in [0.717, 1.165) is 18.8 Å². The van der Waals surface area contributed by atoms with Gasteiger partial charge in [0.1, 0.15) is 5.75 Å². The second-order valence-corrected chi connectivity index (χ2v) is 6.58. The zero-order valence-corrected chi connectivity index (χ0v) is 12.9. The van der Waals surface area contributed by atoms with Gasteiger partial charge in [-0.05, 0) is 41.4 Å². The monoisotopic (exact) mass is 266 g/mol. The summed E-state index contributed by atoms with van der Waals surface area (Å²) in [4.78, 5) is 0. The van der Waals surface area contributed by atoms with Crippen LogP contribution in [-0.2, 0) is 11.8 Å². The zero-order valence-electron chi connectivity index (χ0n) is 12.9. The molecule has 0 aliphatic heterocycles. The Hall–Kier alpha value is -1.05. The molecule has 0 unspecified atom stereocenters. The summed E-state index contributed by atoms with van der Waals surface area (Å²) in [6.07, 6.45) is 1.39. The summed E-state index contributed by atoms with van der Waals surface area (Å²) in [5, 5.41) is 0. The molecule has 1 rings (SSSR count). The van der Waals surface area contributed by atoms with E-state index in [1.54, 1.807) is 0 Å². The van der Waals surface area contributed by atoms with Gasteiger partial charge in [-0.3, -0.25) is 4.39 Å². The van der Waals surface area contributed by atoms with E-state index in [2.05, 4.69) is 46.8 Å². The molecule has 0 radical (unpaired) electrons. The number of ether oxygens (including phenoxy) is 1. The molecule has 1 aromatic carbocycles. The van der Waals surface area contributed by atoms with Crippen LogP contribution in [0.4, 0.5) is 4.39 Å². The highest BCUT2D eigenvalue weighted by Crippen LogP contribution is 2.32. The molecular formula is C17H27FO. The molecular weight excluding hydrogens is 239 g/mol. The molecule has 0 amide bonds. The van der Waals surface area contributed by atoms with E-state index in [9.17, 15) is 4.39 Å². The Kier molecular flexibility index (Phi) is 5.84. The molecule has 108 valence electrons. The highest BCUT2D eigenvalue weighted by Gasteiger charge is 2.19. The molecule has 1 aromatic rings. The first kappa shape index (κ1) is 16.0. The molecule has 0 saturated heterocycles. The maximum absolute atomic E-state index is 12.3. The predicted octanol–water partition coefficient (Wildman–Crippen LogP) is 4.92. The number of alkyl halides is 1. The third-order valence-electron chi connectivity index (χ3n) is 3.02. The summed E-state index contributed by atoms with van der Waals surface area (Å²) < 4.78 is 18.2. The lowest BCUT2D eigenvalue weighted by Crippen LogP contribution is -2.15. The molecule has 19 heavy (non-hydrogen) atoms. The van der Waals surface area contributed by atoms with Gasteiger partial charge in [0, 0.05) is 0 Å². The Morgan fingerprint density at radius 2 is 1.89 bits per heavy atom. The Labute approximate surface area is 117 Å². The van der Waals surface area contributed by atoms with Crippen molar-refractivity contribution < 1.29 is 9.13 Å². The molecule has 0 fully saturated rings. The van der Waals surface area contributed by atoms with Crippen LogP contribution in [0.25, 0.3) is 0 Å². The zero-order chi connectivity index (χ0) is 14.5. The van der Waals surface area contributed by atoms with Gasteiger partial charge in [-0.25, -0.2) is 0 Å². The first-order chi connectivity index (χ1) is 8.84. The van der Waals surface area contributed by atoms with Crippen molar-refractivity contribution in [2.45, 2.75) is 52.9 Å². The fourth-order valence-corrected chi connectivity index (χ4v) is 1.97. The van der Waals surface area contributed by atoms with Crippen LogP contribution in [0.5, 0.6) is 5.75 Å². The van der Waals surface area contributed by atoms with Crippen molar-refractivity contribution in [3.63, 3.8) is 0 Å². The second kappa shape index (κ2) is 6.93. The number of benzene rings is 1. The number of hydrogen-bond donors (Lipinski definition) is 0. The molecule has 0 aliphatic carbocycles. The van der Waals surface area contributed by atoms with Gasteiger partial charge >= 0.3 is 0 Å². The van der Waals surface area contributed by atoms with Crippen molar-refractivity contribution in [1.82, 2.24) is 0 Å². The van der Waals surface area contributed by atoms with Gasteiger partial charge in [0.05, 0.1) is 13.3 Å². The summed E-state index contributed by atoms with van der Waals surface area (Å²) in [7, 11) is 0. The molecule has 0 spiro atoms. The largest absolute Gasteiger partial charge is 0.493 e. The minimum atomic E-state index is -0.254. The van der Waals surface area contributed by atoms with E-state index in [-0.39, 0.29) is 12.1 Å². The maximum atomic E-state index is 12.3. The number of halogens is 1. The minimum absolute atomic E-state index is 0.0397. The smallest absolute Gasteiger partial charge is 0.123 e. The van der Waals surface area contributed by atoms with Crippen molar-refractivity contribution in [2.24, 2.45) is 5.92 Å². The lowest BCUT2D eigenvalue weighted by Gasteiger charge is -2.24. The average molecular weight is 266 g/mol. The third kappa shape index (κ3) is 5.22. The third-order valence-corrected chi connectivity index (χ3v) is 3.02. The van der Waals surface area contributed by atoms with Gasteiger partial charge in [-0.2, -0.15) is 0 Å². The normalized spacial score (nSPS) is 11.9. The highest BCUT2D eigenvalue weighted by molar-refractivity contribution is 5.41. The molecule has 0 aliphatic rings. The van der Waals surface area contributed by atoms with Crippen molar-refractivity contribution in [1.29, 1.82) is 0 Å². The van der Waals surface area contributed by atoms with Gasteiger partial charge in [-0.1, -0.05) is 46.8 Å². The number of hydrogen-bond acceptors (Lipinski definition) is 1. The summed E-state index contributed by atoms with van der Waals surface area (Å²) >= 11 is 0. The van der Waals surface area contributed by atoms with Gasteiger partial charge < -0.3 is 4.74 Å². The molecule has 0 heterocycles. The summed E-state index contributed by atoms with van der Waals surface area (Å²) in [5.74, 6) is 1.48. The van der Waals surface area contributed by atoms with Crippen LogP contribution >= 0.6 is 0 Å². The van der Waals surface area contributed by atoms with Crippen molar-refractivity contribution in [2.75, 3.05) is 13.3 Å². The van der Waals surface area contributed by atoms with E-state index < -0.39 is 0 Å². The van der Waals surface area contributed by atoms with Crippen LogP contribution in [0.2, 0.25) is 0 Å². The Morgan fingerprint density at radius 3 is 2.42 bits per heavy atom. The van der Waals surface area contributed by atoms with Crippen LogP contribution in [0.15, 0.2) is 18.2 Å². The molecule has 0 N–H and O–H groups in total.